The number of hydrogen-bond donors (Lipinski definition) is 1. The SMILES string of the molecule is CC/C=C/C/C=C/CCCCCCCC(=O)OC(COCCC(C(=O)O)[N+](C)(C)C)COC(=O)CCCCCCCC/C=C/C=C/CCCCC. The minimum Gasteiger partial charge on any atom is -0.477 e. The molecule has 2 atom stereocenters. The van der Waals surface area contributed by atoms with Gasteiger partial charge in [0.1, 0.15) is 6.61 Å². The summed E-state index contributed by atoms with van der Waals surface area (Å²) in [6, 6.07) is -0.619. The molecule has 0 bridgehead atoms. The third-order valence-corrected chi connectivity index (χ3v) is 8.74. The van der Waals surface area contributed by atoms with Crippen LogP contribution in [0.1, 0.15) is 155 Å². The number of rotatable bonds is 35. The predicted octanol–water partition coefficient (Wildman–Crippen LogP) is 10.5. The maximum atomic E-state index is 12.7. The summed E-state index contributed by atoms with van der Waals surface area (Å²) >= 11 is 0. The van der Waals surface area contributed by atoms with E-state index in [-0.39, 0.29) is 36.2 Å². The topological polar surface area (TPSA) is 99.1 Å². The molecule has 0 rings (SSSR count). The number of carbonyl (C=O) groups is 3. The molecule has 0 radical (unpaired) electrons. The maximum Gasteiger partial charge on any atom is 0.362 e. The van der Waals surface area contributed by atoms with Crippen molar-refractivity contribution in [1.29, 1.82) is 0 Å². The monoisotopic (exact) mass is 719 g/mol. The summed E-state index contributed by atoms with van der Waals surface area (Å²) in [6.45, 7) is 4.55. The van der Waals surface area contributed by atoms with Crippen LogP contribution in [0.4, 0.5) is 0 Å². The van der Waals surface area contributed by atoms with Gasteiger partial charge in [-0.3, -0.25) is 9.59 Å². The Hall–Kier alpha value is -2.71. The molecule has 0 aliphatic heterocycles. The first kappa shape index (κ1) is 48.3. The lowest BCUT2D eigenvalue weighted by Gasteiger charge is -2.31. The number of carboxylic acids is 1. The van der Waals surface area contributed by atoms with Gasteiger partial charge in [0.15, 0.2) is 12.1 Å². The first-order valence-corrected chi connectivity index (χ1v) is 20.2. The molecular weight excluding hydrogens is 642 g/mol. The molecule has 0 aromatic rings. The summed E-state index contributed by atoms with van der Waals surface area (Å²) in [5.41, 5.74) is 0. The highest BCUT2D eigenvalue weighted by Gasteiger charge is 2.31. The van der Waals surface area contributed by atoms with Crippen molar-refractivity contribution in [3.8, 4) is 0 Å². The minimum absolute atomic E-state index is 0.0503. The normalized spacial score (nSPS) is 13.5. The zero-order chi connectivity index (χ0) is 37.8. The van der Waals surface area contributed by atoms with Crippen molar-refractivity contribution in [3.63, 3.8) is 0 Å². The summed E-state index contributed by atoms with van der Waals surface area (Å²) in [7, 11) is 5.50. The van der Waals surface area contributed by atoms with Crippen molar-refractivity contribution in [2.24, 2.45) is 0 Å². The average molecular weight is 719 g/mol. The molecule has 0 aliphatic carbocycles. The fourth-order valence-corrected chi connectivity index (χ4v) is 5.59. The Morgan fingerprint density at radius 2 is 1.16 bits per heavy atom. The molecule has 0 spiro atoms. The van der Waals surface area contributed by atoms with Crippen molar-refractivity contribution in [2.75, 3.05) is 41.0 Å². The third-order valence-electron chi connectivity index (χ3n) is 8.74. The first-order valence-electron chi connectivity index (χ1n) is 20.2. The predicted molar refractivity (Wildman–Crippen MR) is 211 cm³/mol. The number of esters is 2. The summed E-state index contributed by atoms with van der Waals surface area (Å²) in [5.74, 6) is -1.51. The Morgan fingerprint density at radius 1 is 0.627 bits per heavy atom. The van der Waals surface area contributed by atoms with E-state index in [1.54, 1.807) is 0 Å². The highest BCUT2D eigenvalue weighted by atomic mass is 16.6. The number of unbranched alkanes of at least 4 members (excludes halogenated alkanes) is 14. The zero-order valence-electron chi connectivity index (χ0n) is 33.3. The van der Waals surface area contributed by atoms with Gasteiger partial charge < -0.3 is 23.8 Å². The van der Waals surface area contributed by atoms with Crippen molar-refractivity contribution < 1.29 is 38.2 Å². The van der Waals surface area contributed by atoms with E-state index in [2.05, 4.69) is 62.5 Å². The van der Waals surface area contributed by atoms with Gasteiger partial charge in [-0.15, -0.1) is 0 Å². The van der Waals surface area contributed by atoms with E-state index >= 15 is 0 Å². The highest BCUT2D eigenvalue weighted by Crippen LogP contribution is 2.13. The minimum atomic E-state index is -0.882. The molecule has 0 aromatic carbocycles. The van der Waals surface area contributed by atoms with Gasteiger partial charge in [0, 0.05) is 19.3 Å². The molecule has 8 nitrogen and oxygen atoms in total. The second-order valence-electron chi connectivity index (χ2n) is 14.5. The maximum absolute atomic E-state index is 12.7. The Bertz CT molecular complexity index is 979. The molecular formula is C43H76NO7+. The Balaban J connectivity index is 4.43. The number of quaternary nitrogens is 1. The second kappa shape index (κ2) is 34.4. The number of nitrogens with zero attached hydrogens (tertiary/aromatic N) is 1. The van der Waals surface area contributed by atoms with Gasteiger partial charge in [-0.2, -0.15) is 0 Å². The van der Waals surface area contributed by atoms with Gasteiger partial charge in [-0.25, -0.2) is 4.79 Å². The molecule has 0 aromatic heterocycles. The van der Waals surface area contributed by atoms with Crippen LogP contribution in [0.2, 0.25) is 0 Å². The van der Waals surface area contributed by atoms with Crippen molar-refractivity contribution in [3.05, 3.63) is 48.6 Å². The van der Waals surface area contributed by atoms with Crippen LogP contribution in [0.15, 0.2) is 48.6 Å². The number of aliphatic carboxylic acids is 1. The van der Waals surface area contributed by atoms with Crippen LogP contribution in [0.5, 0.6) is 0 Å². The molecule has 0 fully saturated rings. The Labute approximate surface area is 312 Å². The molecule has 2 unspecified atom stereocenters. The lowest BCUT2D eigenvalue weighted by atomic mass is 10.1. The van der Waals surface area contributed by atoms with E-state index < -0.39 is 18.1 Å². The molecule has 51 heavy (non-hydrogen) atoms. The zero-order valence-corrected chi connectivity index (χ0v) is 33.3. The van der Waals surface area contributed by atoms with Crippen LogP contribution in [-0.2, 0) is 28.6 Å². The van der Waals surface area contributed by atoms with Crippen LogP contribution in [0.3, 0.4) is 0 Å². The quantitative estimate of drug-likeness (QED) is 0.0229. The van der Waals surface area contributed by atoms with Gasteiger partial charge in [-0.1, -0.05) is 120 Å². The van der Waals surface area contributed by atoms with E-state index in [9.17, 15) is 19.5 Å². The van der Waals surface area contributed by atoms with Crippen molar-refractivity contribution in [2.45, 2.75) is 167 Å². The van der Waals surface area contributed by atoms with Gasteiger partial charge in [0.05, 0.1) is 34.4 Å². The van der Waals surface area contributed by atoms with Gasteiger partial charge in [0.25, 0.3) is 0 Å². The molecule has 0 saturated carbocycles. The van der Waals surface area contributed by atoms with Gasteiger partial charge in [0.2, 0.25) is 0 Å². The average Bonchev–Trinajstić information content (AvgIpc) is 3.08. The van der Waals surface area contributed by atoms with Gasteiger partial charge >= 0.3 is 17.9 Å². The lowest BCUT2D eigenvalue weighted by Crippen LogP contribution is -2.50. The van der Waals surface area contributed by atoms with Crippen molar-refractivity contribution in [1.82, 2.24) is 0 Å². The third kappa shape index (κ3) is 32.9. The standard InChI is InChI=1S/C43H75NO7/c1-6-8-10-12-14-16-18-20-21-22-24-25-27-29-31-33-41(45)50-38-39(37-49-36-35-40(43(47)48)44(3,4)5)51-42(46)34-32-30-28-26-23-19-17-15-13-11-9-7-2/h9,11,14-18,20,39-40H,6-8,10,12-13,19,21-38H2,1-5H3/p+1/b11-9+,16-14+,17-15+,20-18+. The van der Waals surface area contributed by atoms with Crippen LogP contribution >= 0.6 is 0 Å². The smallest absolute Gasteiger partial charge is 0.362 e. The summed E-state index contributed by atoms with van der Waals surface area (Å²) < 4.78 is 17.2. The molecule has 0 amide bonds. The number of allylic oxidation sites excluding steroid dienone is 8. The van der Waals surface area contributed by atoms with Crippen molar-refractivity contribution >= 4 is 17.9 Å². The van der Waals surface area contributed by atoms with Crippen LogP contribution < -0.4 is 0 Å². The van der Waals surface area contributed by atoms with Crippen LogP contribution in [0, 0.1) is 0 Å². The van der Waals surface area contributed by atoms with E-state index in [0.717, 1.165) is 83.5 Å². The first-order chi connectivity index (χ1) is 24.6. The summed E-state index contributed by atoms with van der Waals surface area (Å²) in [4.78, 5) is 36.8. The number of carbonyl (C=O) groups excluding carboxylic acids is 2. The van der Waals surface area contributed by atoms with E-state index in [1.807, 2.05) is 21.1 Å². The largest absolute Gasteiger partial charge is 0.477 e. The Kier molecular flexibility index (Phi) is 32.6. The second-order valence-corrected chi connectivity index (χ2v) is 14.5. The number of hydrogen-bond acceptors (Lipinski definition) is 6. The molecule has 1 N–H and O–H groups in total. The van der Waals surface area contributed by atoms with Gasteiger partial charge in [-0.05, 0) is 64.2 Å². The number of ether oxygens (including phenoxy) is 3. The summed E-state index contributed by atoms with van der Waals surface area (Å²) in [6.07, 6.45) is 38.6. The fourth-order valence-electron chi connectivity index (χ4n) is 5.59. The highest BCUT2D eigenvalue weighted by molar-refractivity contribution is 5.72. The molecule has 0 saturated heterocycles. The molecule has 294 valence electrons. The molecule has 0 aliphatic rings. The van der Waals surface area contributed by atoms with Crippen LogP contribution in [-0.4, -0.2) is 80.6 Å². The molecule has 0 heterocycles. The van der Waals surface area contributed by atoms with Crippen LogP contribution in [0.25, 0.3) is 0 Å². The van der Waals surface area contributed by atoms with E-state index in [0.29, 0.717) is 19.3 Å². The molecule has 8 heteroatoms. The Morgan fingerprint density at radius 3 is 1.73 bits per heavy atom. The number of carboxylic acid groups (broad SMARTS) is 1. The lowest BCUT2D eigenvalue weighted by molar-refractivity contribution is -0.887. The van der Waals surface area contributed by atoms with E-state index in [1.165, 1.54) is 38.5 Å². The van der Waals surface area contributed by atoms with E-state index in [4.69, 9.17) is 14.2 Å². The fraction of sp³-hybridized carbons (Fsp3) is 0.744. The number of likely N-dealkylation sites (N-methyl/N-ethyl adjacent to an activating group) is 1. The summed E-state index contributed by atoms with van der Waals surface area (Å²) in [5, 5.41) is 9.59.